The summed E-state index contributed by atoms with van der Waals surface area (Å²) in [4.78, 5) is 14.8. The number of hydrogen-bond acceptors (Lipinski definition) is 3. The van der Waals surface area contributed by atoms with Crippen molar-refractivity contribution in [2.75, 3.05) is 20.2 Å². The number of nitrogens with zero attached hydrogens (tertiary/aromatic N) is 1. The van der Waals surface area contributed by atoms with Gasteiger partial charge in [-0.2, -0.15) is 0 Å². The highest BCUT2D eigenvalue weighted by molar-refractivity contribution is 5.82. The Morgan fingerprint density at radius 1 is 1.19 bits per heavy atom. The van der Waals surface area contributed by atoms with Crippen LogP contribution in [0.4, 0.5) is 4.39 Å². The van der Waals surface area contributed by atoms with Crippen LogP contribution in [0.15, 0.2) is 48.5 Å². The molecule has 0 aromatic heterocycles. The summed E-state index contributed by atoms with van der Waals surface area (Å²) in [5.41, 5.74) is 1.68. The van der Waals surface area contributed by atoms with E-state index in [0.717, 1.165) is 43.5 Å². The molecule has 0 bridgehead atoms. The average molecular weight is 370 g/mol. The van der Waals surface area contributed by atoms with Crippen LogP contribution in [0.2, 0.25) is 0 Å². The van der Waals surface area contributed by atoms with Crippen LogP contribution in [0.3, 0.4) is 0 Å². The normalized spacial score (nSPS) is 16.7. The third-order valence-electron chi connectivity index (χ3n) is 5.07. The topological polar surface area (TPSA) is 41.6 Å². The number of benzene rings is 2. The Labute approximate surface area is 160 Å². The average Bonchev–Trinajstić information content (AvgIpc) is 2.73. The number of amides is 1. The highest BCUT2D eigenvalue weighted by Crippen LogP contribution is 2.17. The molecule has 2 aromatic rings. The van der Waals surface area contributed by atoms with E-state index < -0.39 is 0 Å². The van der Waals surface area contributed by atoms with Gasteiger partial charge >= 0.3 is 0 Å². The number of carbonyl (C=O) groups excluding carboxylic acids is 1. The van der Waals surface area contributed by atoms with Gasteiger partial charge in [-0.3, -0.25) is 4.79 Å². The maximum atomic E-state index is 14.1. The van der Waals surface area contributed by atoms with Gasteiger partial charge < -0.3 is 15.0 Å². The molecule has 1 aliphatic heterocycles. The molecule has 1 atom stereocenters. The molecule has 1 fully saturated rings. The lowest BCUT2D eigenvalue weighted by molar-refractivity contribution is -0.134. The van der Waals surface area contributed by atoms with Gasteiger partial charge in [0.2, 0.25) is 5.91 Å². The molecule has 27 heavy (non-hydrogen) atoms. The molecule has 1 amide bonds. The molecule has 0 aliphatic carbocycles. The molecule has 0 saturated carbocycles. The molecule has 2 aromatic carbocycles. The van der Waals surface area contributed by atoms with Gasteiger partial charge in [-0.1, -0.05) is 36.8 Å². The molecule has 3 rings (SSSR count). The Morgan fingerprint density at radius 3 is 2.63 bits per heavy atom. The van der Waals surface area contributed by atoms with E-state index in [1.54, 1.807) is 24.1 Å². The molecule has 0 spiro atoms. The number of ether oxygens (including phenoxy) is 1. The Hall–Kier alpha value is -2.40. The number of piperidine rings is 1. The largest absolute Gasteiger partial charge is 0.497 e. The van der Waals surface area contributed by atoms with Gasteiger partial charge in [-0.15, -0.1) is 0 Å². The summed E-state index contributed by atoms with van der Waals surface area (Å²) < 4.78 is 19.3. The van der Waals surface area contributed by atoms with E-state index in [0.29, 0.717) is 18.7 Å². The Morgan fingerprint density at radius 2 is 1.96 bits per heavy atom. The van der Waals surface area contributed by atoms with Crippen molar-refractivity contribution in [1.82, 2.24) is 10.2 Å². The van der Waals surface area contributed by atoms with Crippen LogP contribution in [0.5, 0.6) is 5.75 Å². The summed E-state index contributed by atoms with van der Waals surface area (Å²) in [7, 11) is 1.64. The smallest absolute Gasteiger partial charge is 0.240 e. The van der Waals surface area contributed by atoms with Crippen LogP contribution < -0.4 is 10.1 Å². The van der Waals surface area contributed by atoms with Crippen molar-refractivity contribution in [3.05, 3.63) is 65.5 Å². The number of rotatable bonds is 7. The predicted molar refractivity (Wildman–Crippen MR) is 104 cm³/mol. The van der Waals surface area contributed by atoms with Crippen molar-refractivity contribution < 1.29 is 13.9 Å². The predicted octanol–water partition coefficient (Wildman–Crippen LogP) is 3.55. The summed E-state index contributed by atoms with van der Waals surface area (Å²) in [6.07, 6.45) is 3.71. The van der Waals surface area contributed by atoms with Gasteiger partial charge in [0, 0.05) is 18.7 Å². The van der Waals surface area contributed by atoms with Crippen molar-refractivity contribution in [3.63, 3.8) is 0 Å². The van der Waals surface area contributed by atoms with Crippen LogP contribution in [-0.4, -0.2) is 37.0 Å². The summed E-state index contributed by atoms with van der Waals surface area (Å²) >= 11 is 0. The molecule has 1 N–H and O–H groups in total. The van der Waals surface area contributed by atoms with Crippen molar-refractivity contribution in [2.24, 2.45) is 0 Å². The van der Waals surface area contributed by atoms with Gasteiger partial charge in [0.25, 0.3) is 0 Å². The third kappa shape index (κ3) is 5.30. The van der Waals surface area contributed by atoms with Crippen LogP contribution in [0.25, 0.3) is 0 Å². The first-order chi connectivity index (χ1) is 13.2. The van der Waals surface area contributed by atoms with Gasteiger partial charge in [-0.25, -0.2) is 4.39 Å². The second kappa shape index (κ2) is 9.51. The first-order valence-electron chi connectivity index (χ1n) is 9.56. The lowest BCUT2D eigenvalue weighted by Crippen LogP contribution is -2.48. The van der Waals surface area contributed by atoms with E-state index >= 15 is 0 Å². The number of carbonyl (C=O) groups is 1. The minimum atomic E-state index is -0.267. The molecular formula is C22H27FN2O2. The molecule has 0 unspecified atom stereocenters. The first kappa shape index (κ1) is 19.4. The highest BCUT2D eigenvalue weighted by atomic mass is 19.1. The van der Waals surface area contributed by atoms with E-state index in [4.69, 9.17) is 4.74 Å². The molecule has 0 radical (unpaired) electrons. The lowest BCUT2D eigenvalue weighted by atomic mass is 10.0. The molecular weight excluding hydrogens is 343 g/mol. The first-order valence-corrected chi connectivity index (χ1v) is 9.56. The molecule has 1 heterocycles. The highest BCUT2D eigenvalue weighted by Gasteiger charge is 2.26. The quantitative estimate of drug-likeness (QED) is 0.810. The van der Waals surface area contributed by atoms with Crippen molar-refractivity contribution in [1.29, 1.82) is 0 Å². The van der Waals surface area contributed by atoms with Crippen molar-refractivity contribution in [3.8, 4) is 5.75 Å². The Bertz CT molecular complexity index is 742. The van der Waals surface area contributed by atoms with Gasteiger partial charge in [0.1, 0.15) is 11.6 Å². The lowest BCUT2D eigenvalue weighted by Gasteiger charge is -2.30. The zero-order valence-electron chi connectivity index (χ0n) is 15.8. The Balaban J connectivity index is 1.71. The summed E-state index contributed by atoms with van der Waals surface area (Å²) in [6, 6.07) is 14.3. The van der Waals surface area contributed by atoms with E-state index in [1.807, 2.05) is 30.3 Å². The van der Waals surface area contributed by atoms with Gasteiger partial charge in [0.15, 0.2) is 0 Å². The monoisotopic (exact) mass is 370 g/mol. The van der Waals surface area contributed by atoms with Crippen molar-refractivity contribution in [2.45, 2.75) is 38.3 Å². The van der Waals surface area contributed by atoms with E-state index in [-0.39, 0.29) is 17.8 Å². The molecule has 4 nitrogen and oxygen atoms in total. The fourth-order valence-corrected chi connectivity index (χ4v) is 3.44. The number of nitrogens with one attached hydrogen (secondary N) is 1. The molecule has 5 heteroatoms. The van der Waals surface area contributed by atoms with Crippen LogP contribution >= 0.6 is 0 Å². The van der Waals surface area contributed by atoms with E-state index in [2.05, 4.69) is 5.32 Å². The zero-order valence-corrected chi connectivity index (χ0v) is 15.8. The fourth-order valence-electron chi connectivity index (χ4n) is 3.44. The summed E-state index contributed by atoms with van der Waals surface area (Å²) in [5.74, 6) is 0.604. The van der Waals surface area contributed by atoms with E-state index in [1.165, 1.54) is 6.07 Å². The maximum absolute atomic E-state index is 14.1. The second-order valence-corrected chi connectivity index (χ2v) is 6.95. The molecule has 1 aliphatic rings. The van der Waals surface area contributed by atoms with Gasteiger partial charge in [0.05, 0.1) is 13.2 Å². The summed E-state index contributed by atoms with van der Waals surface area (Å²) in [6.45, 7) is 1.71. The van der Waals surface area contributed by atoms with Crippen LogP contribution in [-0.2, 0) is 17.8 Å². The van der Waals surface area contributed by atoms with Crippen LogP contribution in [0, 0.1) is 5.82 Å². The molecule has 1 saturated heterocycles. The third-order valence-corrected chi connectivity index (χ3v) is 5.07. The second-order valence-electron chi connectivity index (χ2n) is 6.95. The molecule has 144 valence electrons. The number of halogens is 1. The standard InChI is InChI=1S/C22H27FN2O2/c1-27-19-11-9-17(10-12-19)13-15-25(16-18-6-2-3-7-20(18)23)22(26)21-8-4-5-14-24-21/h2-3,6-7,9-12,21,24H,4-5,8,13-16H2,1H3/t21-/m0/s1. The number of methoxy groups -OCH3 is 1. The zero-order chi connectivity index (χ0) is 19.1. The SMILES string of the molecule is COc1ccc(CCN(Cc2ccccc2F)C(=O)[C@@H]2CCCCN2)cc1. The van der Waals surface area contributed by atoms with E-state index in [9.17, 15) is 9.18 Å². The van der Waals surface area contributed by atoms with Crippen molar-refractivity contribution >= 4 is 5.91 Å². The maximum Gasteiger partial charge on any atom is 0.240 e. The Kier molecular flexibility index (Phi) is 6.82. The number of hydrogen-bond donors (Lipinski definition) is 1. The minimum Gasteiger partial charge on any atom is -0.497 e. The fraction of sp³-hybridized carbons (Fsp3) is 0.409. The summed E-state index contributed by atoms with van der Waals surface area (Å²) in [5, 5.41) is 3.31. The van der Waals surface area contributed by atoms with Gasteiger partial charge in [-0.05, 0) is 49.6 Å². The van der Waals surface area contributed by atoms with Crippen LogP contribution in [0.1, 0.15) is 30.4 Å². The minimum absolute atomic E-state index is 0.0615.